The van der Waals surface area contributed by atoms with Crippen LogP contribution in [-0.4, -0.2) is 21.3 Å². The van der Waals surface area contributed by atoms with Crippen LogP contribution in [0.1, 0.15) is 63.5 Å². The minimum atomic E-state index is -1.90. The van der Waals surface area contributed by atoms with Gasteiger partial charge >= 0.3 is 5.97 Å². The highest BCUT2D eigenvalue weighted by molar-refractivity contribution is 5.79. The Morgan fingerprint density at radius 2 is 1.90 bits per heavy atom. The van der Waals surface area contributed by atoms with Crippen LogP contribution in [0.5, 0.6) is 5.75 Å². The third kappa shape index (κ3) is 2.77. The van der Waals surface area contributed by atoms with Gasteiger partial charge in [-0.2, -0.15) is 0 Å². The Balaban J connectivity index is 2.49. The van der Waals surface area contributed by atoms with E-state index < -0.39 is 11.6 Å². The topological polar surface area (TPSA) is 77.8 Å². The number of benzene rings is 1. The molecule has 1 unspecified atom stereocenters. The summed E-state index contributed by atoms with van der Waals surface area (Å²) in [5, 5.41) is 29.9. The summed E-state index contributed by atoms with van der Waals surface area (Å²) >= 11 is 0. The van der Waals surface area contributed by atoms with Crippen LogP contribution in [0, 0.1) is 0 Å². The number of aliphatic carboxylic acids is 1. The number of phenolic OH excluding ortho intramolecular Hbond substituents is 1. The van der Waals surface area contributed by atoms with E-state index in [1.54, 1.807) is 13.0 Å². The van der Waals surface area contributed by atoms with E-state index in [2.05, 4.69) is 6.92 Å². The van der Waals surface area contributed by atoms with Gasteiger partial charge in [0.2, 0.25) is 0 Å². The molecule has 21 heavy (non-hydrogen) atoms. The van der Waals surface area contributed by atoms with E-state index in [-0.39, 0.29) is 17.6 Å². The molecular weight excluding hydrogens is 268 g/mol. The molecule has 1 saturated carbocycles. The molecule has 1 aliphatic carbocycles. The third-order valence-corrected chi connectivity index (χ3v) is 4.95. The Morgan fingerprint density at radius 3 is 2.43 bits per heavy atom. The predicted octanol–water partition coefficient (Wildman–Crippen LogP) is 3.30. The molecule has 116 valence electrons. The standard InChI is InChI=1S/C17H24O4/c1-3-17(21,15(19)20)12-7-8-14(18)13(11-12)16(2)9-5-4-6-10-16/h7-8,11,18,21H,3-6,9-10H2,1-2H3,(H,19,20). The number of carboxylic acid groups (broad SMARTS) is 1. The van der Waals surface area contributed by atoms with E-state index >= 15 is 0 Å². The van der Waals surface area contributed by atoms with Crippen molar-refractivity contribution < 1.29 is 20.1 Å². The van der Waals surface area contributed by atoms with E-state index in [0.717, 1.165) is 31.2 Å². The van der Waals surface area contributed by atoms with Crippen molar-refractivity contribution in [2.45, 2.75) is 63.4 Å². The molecule has 1 aromatic carbocycles. The Kier molecular flexibility index (Phi) is 4.28. The van der Waals surface area contributed by atoms with Crippen molar-refractivity contribution in [2.24, 2.45) is 0 Å². The highest BCUT2D eigenvalue weighted by atomic mass is 16.4. The molecule has 1 aromatic rings. The summed E-state index contributed by atoms with van der Waals surface area (Å²) in [4.78, 5) is 11.4. The second-order valence-electron chi connectivity index (χ2n) is 6.37. The first kappa shape index (κ1) is 15.8. The van der Waals surface area contributed by atoms with Crippen molar-refractivity contribution in [2.75, 3.05) is 0 Å². The maximum absolute atomic E-state index is 11.4. The molecule has 0 bridgehead atoms. The van der Waals surface area contributed by atoms with Crippen molar-refractivity contribution in [3.8, 4) is 5.75 Å². The lowest BCUT2D eigenvalue weighted by molar-refractivity contribution is -0.160. The molecule has 0 heterocycles. The van der Waals surface area contributed by atoms with E-state index in [9.17, 15) is 20.1 Å². The fraction of sp³-hybridized carbons (Fsp3) is 0.588. The van der Waals surface area contributed by atoms with Gasteiger partial charge in [-0.25, -0.2) is 4.79 Å². The molecule has 4 heteroatoms. The van der Waals surface area contributed by atoms with Crippen LogP contribution in [0.3, 0.4) is 0 Å². The average molecular weight is 292 g/mol. The van der Waals surface area contributed by atoms with Gasteiger partial charge in [-0.3, -0.25) is 0 Å². The number of carboxylic acids is 1. The molecule has 0 aromatic heterocycles. The summed E-state index contributed by atoms with van der Waals surface area (Å²) in [5.41, 5.74) is -0.941. The van der Waals surface area contributed by atoms with Gasteiger partial charge in [0.1, 0.15) is 5.75 Å². The van der Waals surface area contributed by atoms with Crippen molar-refractivity contribution in [3.05, 3.63) is 29.3 Å². The summed E-state index contributed by atoms with van der Waals surface area (Å²) < 4.78 is 0. The molecule has 1 fully saturated rings. The van der Waals surface area contributed by atoms with E-state index in [1.807, 2.05) is 0 Å². The molecule has 0 saturated heterocycles. The maximum atomic E-state index is 11.4. The van der Waals surface area contributed by atoms with Gasteiger partial charge < -0.3 is 15.3 Å². The Hall–Kier alpha value is -1.55. The van der Waals surface area contributed by atoms with Gasteiger partial charge in [0.25, 0.3) is 0 Å². The molecule has 1 atom stereocenters. The smallest absolute Gasteiger partial charge is 0.340 e. The fourth-order valence-electron chi connectivity index (χ4n) is 3.36. The van der Waals surface area contributed by atoms with Crippen LogP contribution in [-0.2, 0) is 15.8 Å². The molecule has 4 nitrogen and oxygen atoms in total. The molecular formula is C17H24O4. The largest absolute Gasteiger partial charge is 0.508 e. The Bertz CT molecular complexity index is 532. The van der Waals surface area contributed by atoms with Crippen molar-refractivity contribution in [1.82, 2.24) is 0 Å². The monoisotopic (exact) mass is 292 g/mol. The van der Waals surface area contributed by atoms with E-state index in [4.69, 9.17) is 0 Å². The van der Waals surface area contributed by atoms with Gasteiger partial charge in [0, 0.05) is 5.56 Å². The highest BCUT2D eigenvalue weighted by Crippen LogP contribution is 2.44. The number of rotatable bonds is 4. The quantitative estimate of drug-likeness (QED) is 0.795. The Morgan fingerprint density at radius 1 is 1.29 bits per heavy atom. The minimum absolute atomic E-state index is 0.0866. The summed E-state index contributed by atoms with van der Waals surface area (Å²) in [6.45, 7) is 3.75. The zero-order valence-electron chi connectivity index (χ0n) is 12.7. The predicted molar refractivity (Wildman–Crippen MR) is 80.4 cm³/mol. The van der Waals surface area contributed by atoms with Gasteiger partial charge in [-0.1, -0.05) is 39.2 Å². The number of hydrogen-bond acceptors (Lipinski definition) is 3. The number of hydrogen-bond donors (Lipinski definition) is 3. The van der Waals surface area contributed by atoms with Crippen LogP contribution >= 0.6 is 0 Å². The van der Waals surface area contributed by atoms with E-state index in [1.165, 1.54) is 18.6 Å². The van der Waals surface area contributed by atoms with Crippen molar-refractivity contribution >= 4 is 5.97 Å². The summed E-state index contributed by atoms with van der Waals surface area (Å²) in [5.74, 6) is -1.07. The number of aromatic hydroxyl groups is 1. The van der Waals surface area contributed by atoms with Gasteiger partial charge in [-0.05, 0) is 42.4 Å². The number of aliphatic hydroxyl groups is 1. The molecule has 1 aliphatic rings. The molecule has 0 amide bonds. The first-order valence-corrected chi connectivity index (χ1v) is 7.63. The minimum Gasteiger partial charge on any atom is -0.508 e. The lowest BCUT2D eigenvalue weighted by Crippen LogP contribution is -2.35. The van der Waals surface area contributed by atoms with Crippen molar-refractivity contribution in [1.29, 1.82) is 0 Å². The number of carbonyl (C=O) groups is 1. The van der Waals surface area contributed by atoms with Crippen LogP contribution in [0.25, 0.3) is 0 Å². The second kappa shape index (κ2) is 5.68. The van der Waals surface area contributed by atoms with E-state index in [0.29, 0.717) is 5.56 Å². The summed E-state index contributed by atoms with van der Waals surface area (Å²) in [6.07, 6.45) is 5.45. The van der Waals surface area contributed by atoms with Crippen LogP contribution in [0.2, 0.25) is 0 Å². The first-order valence-electron chi connectivity index (χ1n) is 7.63. The first-order chi connectivity index (χ1) is 9.83. The van der Waals surface area contributed by atoms with Gasteiger partial charge in [0.05, 0.1) is 0 Å². The summed E-state index contributed by atoms with van der Waals surface area (Å²) in [6, 6.07) is 4.69. The summed E-state index contributed by atoms with van der Waals surface area (Å²) in [7, 11) is 0. The molecule has 0 aliphatic heterocycles. The highest BCUT2D eigenvalue weighted by Gasteiger charge is 2.38. The maximum Gasteiger partial charge on any atom is 0.340 e. The number of phenols is 1. The fourth-order valence-corrected chi connectivity index (χ4v) is 3.36. The van der Waals surface area contributed by atoms with Gasteiger partial charge in [0.15, 0.2) is 5.60 Å². The molecule has 0 radical (unpaired) electrons. The lowest BCUT2D eigenvalue weighted by Gasteiger charge is -2.35. The molecule has 0 spiro atoms. The molecule has 3 N–H and O–H groups in total. The van der Waals surface area contributed by atoms with Crippen molar-refractivity contribution in [3.63, 3.8) is 0 Å². The second-order valence-corrected chi connectivity index (χ2v) is 6.37. The normalized spacial score (nSPS) is 20.7. The Labute approximate surface area is 125 Å². The van der Waals surface area contributed by atoms with Crippen LogP contribution in [0.15, 0.2) is 18.2 Å². The van der Waals surface area contributed by atoms with Crippen LogP contribution < -0.4 is 0 Å². The lowest BCUT2D eigenvalue weighted by atomic mass is 9.70. The third-order valence-electron chi connectivity index (χ3n) is 4.95. The SMILES string of the molecule is CCC(O)(C(=O)O)c1ccc(O)c(C2(C)CCCCC2)c1. The molecule has 2 rings (SSSR count). The van der Waals surface area contributed by atoms with Gasteiger partial charge in [-0.15, -0.1) is 0 Å². The zero-order chi connectivity index (χ0) is 15.7. The average Bonchev–Trinajstić information content (AvgIpc) is 2.47. The van der Waals surface area contributed by atoms with Crippen LogP contribution in [0.4, 0.5) is 0 Å². The zero-order valence-corrected chi connectivity index (χ0v) is 12.7.